The van der Waals surface area contributed by atoms with E-state index < -0.39 is 0 Å². The summed E-state index contributed by atoms with van der Waals surface area (Å²) in [6, 6.07) is 0. The standard InChI is InChI=1S/C8H8S4/c1-2-6-5-11-8(12-6)7-9-3-4-10-7/h3-5H,2H2,1H3. The summed E-state index contributed by atoms with van der Waals surface area (Å²) in [4.78, 5) is 1.50. The van der Waals surface area contributed by atoms with Crippen molar-refractivity contribution in [3.63, 3.8) is 0 Å². The molecule has 0 bridgehead atoms. The molecule has 0 saturated heterocycles. The zero-order valence-electron chi connectivity index (χ0n) is 6.57. The molecular formula is C8H8S4. The summed E-state index contributed by atoms with van der Waals surface area (Å²) in [5.74, 6) is 0. The Morgan fingerprint density at radius 3 is 2.42 bits per heavy atom. The van der Waals surface area contributed by atoms with Gasteiger partial charge in [-0.15, -0.1) is 0 Å². The van der Waals surface area contributed by atoms with E-state index in [1.165, 1.54) is 13.4 Å². The molecular weight excluding hydrogens is 224 g/mol. The number of hydrogen-bond acceptors (Lipinski definition) is 4. The highest BCUT2D eigenvalue weighted by molar-refractivity contribution is 8.33. The SMILES string of the molecule is CCC1=CSC(=C2SC=CS2)S1. The molecule has 0 atom stereocenters. The first kappa shape index (κ1) is 9.19. The molecule has 0 aromatic carbocycles. The Balaban J connectivity index is 2.06. The van der Waals surface area contributed by atoms with Crippen LogP contribution in [0.25, 0.3) is 0 Å². The molecule has 0 radical (unpaired) electrons. The van der Waals surface area contributed by atoms with E-state index in [4.69, 9.17) is 0 Å². The molecule has 0 amide bonds. The van der Waals surface area contributed by atoms with E-state index in [0.717, 1.165) is 6.42 Å². The van der Waals surface area contributed by atoms with E-state index in [9.17, 15) is 0 Å². The van der Waals surface area contributed by atoms with Crippen LogP contribution in [-0.2, 0) is 0 Å². The van der Waals surface area contributed by atoms with Gasteiger partial charge in [0, 0.05) is 0 Å². The zero-order valence-corrected chi connectivity index (χ0v) is 9.84. The lowest BCUT2D eigenvalue weighted by Crippen LogP contribution is -1.67. The summed E-state index contributed by atoms with van der Waals surface area (Å²) in [7, 11) is 0. The largest absolute Gasteiger partial charge is 0.0884 e. The lowest BCUT2D eigenvalue weighted by atomic mass is 10.5. The predicted octanol–water partition coefficient (Wildman–Crippen LogP) is 4.80. The second kappa shape index (κ2) is 4.22. The smallest absolute Gasteiger partial charge is 0.0697 e. The molecule has 0 unspecified atom stereocenters. The van der Waals surface area contributed by atoms with Gasteiger partial charge in [-0.05, 0) is 27.6 Å². The van der Waals surface area contributed by atoms with E-state index >= 15 is 0 Å². The molecule has 2 heterocycles. The molecule has 0 saturated carbocycles. The van der Waals surface area contributed by atoms with Gasteiger partial charge in [0.05, 0.1) is 8.47 Å². The third kappa shape index (κ3) is 1.92. The van der Waals surface area contributed by atoms with Crippen LogP contribution in [0.2, 0.25) is 0 Å². The fraction of sp³-hybridized carbons (Fsp3) is 0.250. The molecule has 2 rings (SSSR count). The molecule has 4 heteroatoms. The van der Waals surface area contributed by atoms with Gasteiger partial charge in [-0.1, -0.05) is 54.0 Å². The first-order valence-corrected chi connectivity index (χ1v) is 7.12. The Kier molecular flexibility index (Phi) is 3.23. The third-order valence-corrected chi connectivity index (χ3v) is 6.66. The van der Waals surface area contributed by atoms with E-state index in [1.807, 2.05) is 47.0 Å². The summed E-state index contributed by atoms with van der Waals surface area (Å²) in [6.45, 7) is 2.21. The van der Waals surface area contributed by atoms with Crippen LogP contribution < -0.4 is 0 Å². The predicted molar refractivity (Wildman–Crippen MR) is 64.9 cm³/mol. The number of hydrogen-bond donors (Lipinski definition) is 0. The Morgan fingerprint density at radius 1 is 1.08 bits per heavy atom. The quantitative estimate of drug-likeness (QED) is 0.637. The summed E-state index contributed by atoms with van der Waals surface area (Å²) in [6.07, 6.45) is 1.16. The monoisotopic (exact) mass is 232 g/mol. The van der Waals surface area contributed by atoms with Crippen LogP contribution in [0.1, 0.15) is 13.3 Å². The lowest BCUT2D eigenvalue weighted by molar-refractivity contribution is 1.21. The molecule has 12 heavy (non-hydrogen) atoms. The van der Waals surface area contributed by atoms with Crippen molar-refractivity contribution >= 4 is 47.0 Å². The van der Waals surface area contributed by atoms with Crippen molar-refractivity contribution in [1.82, 2.24) is 0 Å². The fourth-order valence-corrected chi connectivity index (χ4v) is 5.35. The highest BCUT2D eigenvalue weighted by Gasteiger charge is 2.17. The van der Waals surface area contributed by atoms with Crippen molar-refractivity contribution in [2.75, 3.05) is 0 Å². The molecule has 0 N–H and O–H groups in total. The second-order valence-electron chi connectivity index (χ2n) is 2.24. The molecule has 64 valence electrons. The average Bonchev–Trinajstić information content (AvgIpc) is 2.75. The molecule has 0 spiro atoms. The van der Waals surface area contributed by atoms with E-state index in [-0.39, 0.29) is 0 Å². The molecule has 0 aromatic heterocycles. The van der Waals surface area contributed by atoms with Gasteiger partial charge in [0.1, 0.15) is 0 Å². The maximum absolute atomic E-state index is 2.27. The Bertz CT molecular complexity index is 265. The lowest BCUT2D eigenvalue weighted by Gasteiger charge is -1.99. The minimum atomic E-state index is 1.16. The van der Waals surface area contributed by atoms with Gasteiger partial charge >= 0.3 is 0 Å². The van der Waals surface area contributed by atoms with Gasteiger partial charge in [-0.3, -0.25) is 0 Å². The van der Waals surface area contributed by atoms with E-state index in [1.54, 1.807) is 0 Å². The summed E-state index contributed by atoms with van der Waals surface area (Å²) in [5, 5.41) is 6.57. The maximum atomic E-state index is 2.27. The molecule has 2 aliphatic rings. The number of rotatable bonds is 1. The molecule has 0 nitrogen and oxygen atoms in total. The third-order valence-electron chi connectivity index (χ3n) is 1.44. The van der Waals surface area contributed by atoms with Crippen molar-refractivity contribution < 1.29 is 0 Å². The van der Waals surface area contributed by atoms with Crippen molar-refractivity contribution in [2.24, 2.45) is 0 Å². The van der Waals surface area contributed by atoms with Crippen molar-refractivity contribution in [3.05, 3.63) is 29.6 Å². The van der Waals surface area contributed by atoms with Crippen LogP contribution in [0.4, 0.5) is 0 Å². The first-order chi connectivity index (χ1) is 5.90. The summed E-state index contributed by atoms with van der Waals surface area (Å²) in [5.41, 5.74) is 0. The van der Waals surface area contributed by atoms with E-state index in [0.29, 0.717) is 0 Å². The fourth-order valence-electron chi connectivity index (χ4n) is 0.835. The molecule has 0 aromatic rings. The minimum Gasteiger partial charge on any atom is -0.0884 e. The number of thioether (sulfide) groups is 4. The maximum Gasteiger partial charge on any atom is 0.0697 e. The summed E-state index contributed by atoms with van der Waals surface area (Å²) >= 11 is 7.48. The zero-order chi connectivity index (χ0) is 8.39. The van der Waals surface area contributed by atoms with Crippen molar-refractivity contribution in [1.29, 1.82) is 0 Å². The average molecular weight is 232 g/mol. The van der Waals surface area contributed by atoms with Gasteiger partial charge < -0.3 is 0 Å². The second-order valence-corrected chi connectivity index (χ2v) is 6.61. The topological polar surface area (TPSA) is 0 Å². The van der Waals surface area contributed by atoms with Crippen LogP contribution in [-0.4, -0.2) is 0 Å². The van der Waals surface area contributed by atoms with E-state index in [2.05, 4.69) is 23.1 Å². The van der Waals surface area contributed by atoms with Crippen LogP contribution in [0.15, 0.2) is 29.6 Å². The van der Waals surface area contributed by atoms with Crippen molar-refractivity contribution in [2.45, 2.75) is 13.3 Å². The van der Waals surface area contributed by atoms with Gasteiger partial charge in [-0.2, -0.15) is 0 Å². The Labute approximate surface area is 89.7 Å². The molecule has 0 aliphatic carbocycles. The van der Waals surface area contributed by atoms with Gasteiger partial charge in [0.15, 0.2) is 0 Å². The van der Waals surface area contributed by atoms with Crippen molar-refractivity contribution in [3.8, 4) is 0 Å². The Morgan fingerprint density at radius 2 is 1.83 bits per heavy atom. The molecule has 0 fully saturated rings. The normalized spacial score (nSPS) is 22.2. The molecule has 2 aliphatic heterocycles. The number of allylic oxidation sites excluding steroid dienone is 1. The first-order valence-electron chi connectivity index (χ1n) is 3.66. The Hall–Kier alpha value is 0.620. The summed E-state index contributed by atoms with van der Waals surface area (Å²) < 4.78 is 2.91. The van der Waals surface area contributed by atoms with Gasteiger partial charge in [0.25, 0.3) is 0 Å². The minimum absolute atomic E-state index is 1.16. The van der Waals surface area contributed by atoms with Crippen LogP contribution in [0, 0.1) is 0 Å². The van der Waals surface area contributed by atoms with Crippen LogP contribution in [0.3, 0.4) is 0 Å². The highest BCUT2D eigenvalue weighted by Crippen LogP contribution is 2.53. The van der Waals surface area contributed by atoms with Gasteiger partial charge in [-0.25, -0.2) is 0 Å². The van der Waals surface area contributed by atoms with Crippen LogP contribution in [0.5, 0.6) is 0 Å². The van der Waals surface area contributed by atoms with Crippen LogP contribution >= 0.6 is 47.0 Å². The van der Waals surface area contributed by atoms with Gasteiger partial charge in [0.2, 0.25) is 0 Å². The highest BCUT2D eigenvalue weighted by atomic mass is 32.2.